The van der Waals surface area contributed by atoms with Crippen LogP contribution in [0.4, 0.5) is 0 Å². The van der Waals surface area contributed by atoms with Crippen molar-refractivity contribution in [2.24, 2.45) is 4.99 Å². The predicted octanol–water partition coefficient (Wildman–Crippen LogP) is 9.07. The number of ether oxygens (including phenoxy) is 1. The molecule has 4 aromatic rings. The Hall–Kier alpha value is -4.96. The number of hydrogen-bond donors (Lipinski definition) is 1. The Morgan fingerprint density at radius 2 is 1.66 bits per heavy atom. The van der Waals surface area contributed by atoms with Crippen LogP contribution in [0.5, 0.6) is 5.75 Å². The fraction of sp³-hybridized carbons (Fsp3) is 0.100. The molecule has 0 atom stereocenters. The summed E-state index contributed by atoms with van der Waals surface area (Å²) in [7, 11) is 0. The van der Waals surface area contributed by atoms with Crippen molar-refractivity contribution in [3.63, 3.8) is 0 Å². The third-order valence-corrected chi connectivity index (χ3v) is 9.45. The van der Waals surface area contributed by atoms with E-state index in [1.807, 2.05) is 78.9 Å². The van der Waals surface area contributed by atoms with Crippen molar-refractivity contribution in [3.8, 4) is 5.75 Å². The summed E-state index contributed by atoms with van der Waals surface area (Å²) in [5, 5.41) is 3.80. The smallest absolute Gasteiger partial charge is 0.285 e. The first kappa shape index (κ1) is 36.3. The normalized spacial score (nSPS) is 14.3. The third-order valence-electron chi connectivity index (χ3n) is 7.52. The van der Waals surface area contributed by atoms with Gasteiger partial charge in [0.15, 0.2) is 5.17 Å². The number of halogens is 2. The largest absolute Gasteiger partial charge is 0.488 e. The van der Waals surface area contributed by atoms with Gasteiger partial charge in [-0.1, -0.05) is 133 Å². The molecule has 1 N–H and O–H groups in total. The molecule has 1 aliphatic rings. The predicted molar refractivity (Wildman–Crippen MR) is 206 cm³/mol. The molecule has 0 aliphatic carbocycles. The van der Waals surface area contributed by atoms with Gasteiger partial charge in [-0.3, -0.25) is 19.3 Å². The molecule has 0 radical (unpaired) electrons. The lowest BCUT2D eigenvalue weighted by Crippen LogP contribution is -2.42. The molecule has 7 nitrogen and oxygen atoms in total. The van der Waals surface area contributed by atoms with Crippen molar-refractivity contribution in [1.29, 1.82) is 0 Å². The zero-order valence-corrected chi connectivity index (χ0v) is 30.3. The lowest BCUT2D eigenvalue weighted by Gasteiger charge is -2.28. The van der Waals surface area contributed by atoms with Crippen molar-refractivity contribution < 1.29 is 19.1 Å². The molecule has 252 valence electrons. The number of carbonyl (C=O) groups excluding carboxylic acids is 3. The number of aliphatic imine (C=N–C) groups is 1. The minimum atomic E-state index is -0.709. The summed E-state index contributed by atoms with van der Waals surface area (Å²) in [6.07, 6.45) is 8.17. The second kappa shape index (κ2) is 17.6. The molecule has 0 saturated heterocycles. The Balaban J connectivity index is 1.37. The van der Waals surface area contributed by atoms with Gasteiger partial charge in [0.05, 0.1) is 16.3 Å². The number of amides is 3. The van der Waals surface area contributed by atoms with Gasteiger partial charge in [-0.25, -0.2) is 0 Å². The van der Waals surface area contributed by atoms with Crippen molar-refractivity contribution in [2.75, 3.05) is 5.75 Å². The van der Waals surface area contributed by atoms with Crippen LogP contribution in [-0.2, 0) is 21.0 Å². The van der Waals surface area contributed by atoms with Gasteiger partial charge in [-0.2, -0.15) is 4.99 Å². The highest BCUT2D eigenvalue weighted by atomic mass is 79.9. The van der Waals surface area contributed by atoms with Crippen molar-refractivity contribution in [3.05, 3.63) is 177 Å². The van der Waals surface area contributed by atoms with Gasteiger partial charge in [0.25, 0.3) is 11.8 Å². The van der Waals surface area contributed by atoms with E-state index in [4.69, 9.17) is 16.3 Å². The minimum absolute atomic E-state index is 0.0874. The van der Waals surface area contributed by atoms with Crippen LogP contribution in [0.2, 0.25) is 5.02 Å². The van der Waals surface area contributed by atoms with E-state index in [0.717, 1.165) is 28.5 Å². The van der Waals surface area contributed by atoms with E-state index in [1.165, 1.54) is 11.0 Å². The van der Waals surface area contributed by atoms with Crippen LogP contribution in [0.3, 0.4) is 0 Å². The number of rotatable bonds is 12. The number of carbonyl (C=O) groups is 3. The number of amidine groups is 1. The zero-order valence-electron chi connectivity index (χ0n) is 27.1. The highest BCUT2D eigenvalue weighted by Gasteiger charge is 2.35. The van der Waals surface area contributed by atoms with E-state index in [1.54, 1.807) is 55.5 Å². The van der Waals surface area contributed by atoms with Crippen LogP contribution in [0.1, 0.15) is 35.2 Å². The number of thioether (sulfide) groups is 1. The van der Waals surface area contributed by atoms with Crippen LogP contribution in [0.15, 0.2) is 155 Å². The SMILES string of the molecule is C=C/C=C\C(=C/C)N1C(=O)/C(=C/c2ccc(OCc3ccccc3Cl)c(Br)c2)C(=O)N=C1SCC(=O)NC(c1ccccc1)c1ccccc1. The molecule has 0 saturated carbocycles. The second-order valence-corrected chi connectivity index (χ2v) is 13.1. The molecular formula is C40H33BrClN3O4S. The molecule has 4 aromatic carbocycles. The average Bonchev–Trinajstić information content (AvgIpc) is 3.13. The van der Waals surface area contributed by atoms with Crippen LogP contribution in [0.25, 0.3) is 6.08 Å². The topological polar surface area (TPSA) is 88.1 Å². The van der Waals surface area contributed by atoms with Gasteiger partial charge in [0, 0.05) is 16.3 Å². The van der Waals surface area contributed by atoms with Gasteiger partial charge in [0.2, 0.25) is 5.91 Å². The van der Waals surface area contributed by atoms with E-state index in [2.05, 4.69) is 32.8 Å². The van der Waals surface area contributed by atoms with Crippen molar-refractivity contribution in [1.82, 2.24) is 10.2 Å². The van der Waals surface area contributed by atoms with Gasteiger partial charge in [0.1, 0.15) is 17.9 Å². The van der Waals surface area contributed by atoms with Crippen LogP contribution in [0, 0.1) is 0 Å². The van der Waals surface area contributed by atoms with Crippen molar-refractivity contribution >= 4 is 68.3 Å². The summed E-state index contributed by atoms with van der Waals surface area (Å²) >= 11 is 10.8. The Labute approximate surface area is 309 Å². The molecule has 1 aliphatic heterocycles. The standard InChI is InChI=1S/C40H33BrClN3O4S/c1-3-5-19-31(4-2)45-39(48)32(23-27-21-22-35(33(41)24-27)49-25-30-18-12-13-20-34(30)42)38(47)44-40(45)50-26-36(46)43-37(28-14-8-6-9-15-28)29-16-10-7-11-17-29/h3-24,37H,1,25-26H2,2H3,(H,43,46)/b19-5-,31-4+,32-23+. The first-order valence-corrected chi connectivity index (χ1v) is 17.8. The molecule has 0 spiro atoms. The number of hydrogen-bond acceptors (Lipinski definition) is 5. The summed E-state index contributed by atoms with van der Waals surface area (Å²) in [5.41, 5.74) is 3.61. The number of nitrogens with zero attached hydrogens (tertiary/aromatic N) is 2. The van der Waals surface area contributed by atoms with Gasteiger partial charge in [-0.05, 0) is 69.9 Å². The highest BCUT2D eigenvalue weighted by molar-refractivity contribution is 9.10. The van der Waals surface area contributed by atoms with Gasteiger partial charge >= 0.3 is 0 Å². The molecule has 0 unspecified atom stereocenters. The molecule has 0 aromatic heterocycles. The molecule has 10 heteroatoms. The first-order valence-electron chi connectivity index (χ1n) is 15.6. The van der Waals surface area contributed by atoms with Crippen LogP contribution >= 0.6 is 39.3 Å². The summed E-state index contributed by atoms with van der Waals surface area (Å²) in [6, 6.07) is 31.6. The molecule has 1 heterocycles. The third kappa shape index (κ3) is 9.18. The maximum Gasteiger partial charge on any atom is 0.285 e. The maximum absolute atomic E-state index is 14.0. The van der Waals surface area contributed by atoms with E-state index < -0.39 is 11.8 Å². The molecular weight excluding hydrogens is 734 g/mol. The summed E-state index contributed by atoms with van der Waals surface area (Å²) in [6.45, 7) is 5.76. The van der Waals surface area contributed by atoms with E-state index in [9.17, 15) is 14.4 Å². The fourth-order valence-electron chi connectivity index (χ4n) is 5.05. The Morgan fingerprint density at radius 3 is 2.28 bits per heavy atom. The Kier molecular flexibility index (Phi) is 12.8. The zero-order chi connectivity index (χ0) is 35.5. The lowest BCUT2D eigenvalue weighted by molar-refractivity contribution is -0.126. The average molecular weight is 767 g/mol. The van der Waals surface area contributed by atoms with Crippen LogP contribution < -0.4 is 10.1 Å². The second-order valence-electron chi connectivity index (χ2n) is 10.9. The fourth-order valence-corrected chi connectivity index (χ4v) is 6.56. The summed E-state index contributed by atoms with van der Waals surface area (Å²) < 4.78 is 6.58. The first-order chi connectivity index (χ1) is 24.3. The molecule has 3 amide bonds. The van der Waals surface area contributed by atoms with Gasteiger partial charge in [-0.15, -0.1) is 0 Å². The van der Waals surface area contributed by atoms with Crippen LogP contribution in [-0.4, -0.2) is 33.5 Å². The molecule has 0 bridgehead atoms. The Bertz CT molecular complexity index is 1970. The summed E-state index contributed by atoms with van der Waals surface area (Å²) in [4.78, 5) is 46.5. The lowest BCUT2D eigenvalue weighted by atomic mass is 9.99. The molecule has 50 heavy (non-hydrogen) atoms. The van der Waals surface area contributed by atoms with Gasteiger partial charge < -0.3 is 10.1 Å². The number of nitrogens with one attached hydrogen (secondary N) is 1. The highest BCUT2D eigenvalue weighted by Crippen LogP contribution is 2.31. The maximum atomic E-state index is 14.0. The Morgan fingerprint density at radius 1 is 1.00 bits per heavy atom. The van der Waals surface area contributed by atoms with E-state index in [0.29, 0.717) is 26.5 Å². The van der Waals surface area contributed by atoms with E-state index in [-0.39, 0.29) is 35.0 Å². The minimum Gasteiger partial charge on any atom is -0.488 e. The number of allylic oxidation sites excluding steroid dienone is 4. The van der Waals surface area contributed by atoms with Crippen molar-refractivity contribution in [2.45, 2.75) is 19.6 Å². The summed E-state index contributed by atoms with van der Waals surface area (Å²) in [5.74, 6) is -1.09. The van der Waals surface area contributed by atoms with E-state index >= 15 is 0 Å². The molecule has 5 rings (SSSR count). The molecule has 0 fully saturated rings. The number of benzene rings is 4. The quantitative estimate of drug-likeness (QED) is 0.0884. The monoisotopic (exact) mass is 765 g/mol.